The Morgan fingerprint density at radius 3 is 2.74 bits per heavy atom. The van der Waals surface area contributed by atoms with Crippen LogP contribution in [0.3, 0.4) is 0 Å². The summed E-state index contributed by atoms with van der Waals surface area (Å²) < 4.78 is 1.95. The smallest absolute Gasteiger partial charge is 0.268 e. The molecular formula is C15H23N3O. The largest absolute Gasteiger partial charge is 0.397 e. The Kier molecular flexibility index (Phi) is 2.84. The number of nitrogens with zero attached hydrogens (tertiary/aromatic N) is 1. The third-order valence-electron chi connectivity index (χ3n) is 4.60. The minimum atomic E-state index is 0.0114. The van der Waals surface area contributed by atoms with Gasteiger partial charge in [-0.1, -0.05) is 0 Å². The first-order valence-corrected chi connectivity index (χ1v) is 7.27. The van der Waals surface area contributed by atoms with Gasteiger partial charge in [0, 0.05) is 18.8 Å². The average molecular weight is 261 g/mol. The fraction of sp³-hybridized carbons (Fsp3) is 0.667. The van der Waals surface area contributed by atoms with Gasteiger partial charge in [0.05, 0.1) is 5.69 Å². The molecule has 4 nitrogen and oxygen atoms in total. The van der Waals surface area contributed by atoms with Crippen molar-refractivity contribution < 1.29 is 4.79 Å². The Morgan fingerprint density at radius 2 is 2.21 bits per heavy atom. The van der Waals surface area contributed by atoms with Crippen molar-refractivity contribution in [3.8, 4) is 0 Å². The van der Waals surface area contributed by atoms with Gasteiger partial charge in [0.2, 0.25) is 0 Å². The first-order valence-electron chi connectivity index (χ1n) is 7.27. The van der Waals surface area contributed by atoms with E-state index in [0.717, 1.165) is 12.5 Å². The number of aromatic nitrogens is 1. The van der Waals surface area contributed by atoms with Crippen LogP contribution in [0.15, 0.2) is 12.3 Å². The minimum Gasteiger partial charge on any atom is -0.397 e. The van der Waals surface area contributed by atoms with Gasteiger partial charge >= 0.3 is 0 Å². The minimum absolute atomic E-state index is 0.0114. The predicted molar refractivity (Wildman–Crippen MR) is 76.0 cm³/mol. The van der Waals surface area contributed by atoms with Gasteiger partial charge in [0.25, 0.3) is 5.91 Å². The Balaban J connectivity index is 1.67. The second-order valence-electron chi connectivity index (χ2n) is 6.48. The van der Waals surface area contributed by atoms with Gasteiger partial charge in [0.15, 0.2) is 0 Å². The van der Waals surface area contributed by atoms with Crippen molar-refractivity contribution in [3.05, 3.63) is 18.0 Å². The zero-order chi connectivity index (χ0) is 13.6. The number of hydrogen-bond donors (Lipinski definition) is 2. The van der Waals surface area contributed by atoms with E-state index >= 15 is 0 Å². The molecular weight excluding hydrogens is 238 g/mol. The highest BCUT2D eigenvalue weighted by Gasteiger charge is 2.53. The van der Waals surface area contributed by atoms with Crippen LogP contribution in [0.25, 0.3) is 0 Å². The van der Waals surface area contributed by atoms with Gasteiger partial charge in [-0.05, 0) is 56.9 Å². The number of anilines is 1. The lowest BCUT2D eigenvalue weighted by Crippen LogP contribution is -2.32. The van der Waals surface area contributed by atoms with Crippen molar-refractivity contribution in [1.29, 1.82) is 0 Å². The van der Waals surface area contributed by atoms with Crippen molar-refractivity contribution in [2.24, 2.45) is 11.3 Å². The van der Waals surface area contributed by atoms with Gasteiger partial charge in [-0.2, -0.15) is 0 Å². The molecule has 4 heteroatoms. The zero-order valence-electron chi connectivity index (χ0n) is 11.8. The van der Waals surface area contributed by atoms with Gasteiger partial charge in [-0.15, -0.1) is 0 Å². The SMILES string of the molecule is CC(C)n1cc(N)cc1C(=O)NCC1(C2CC2)CC1. The quantitative estimate of drug-likeness (QED) is 0.855. The molecule has 1 amide bonds. The van der Waals surface area contributed by atoms with Crippen LogP contribution >= 0.6 is 0 Å². The molecule has 2 saturated carbocycles. The summed E-state index contributed by atoms with van der Waals surface area (Å²) >= 11 is 0. The third-order valence-corrected chi connectivity index (χ3v) is 4.60. The standard InChI is InChI=1S/C15H23N3O/c1-10(2)18-8-12(16)7-13(18)14(19)17-9-15(5-6-15)11-3-4-11/h7-8,10-11H,3-6,9,16H2,1-2H3,(H,17,19). The van der Waals surface area contributed by atoms with E-state index in [2.05, 4.69) is 19.2 Å². The molecule has 3 rings (SSSR count). The van der Waals surface area contributed by atoms with E-state index in [-0.39, 0.29) is 11.9 Å². The summed E-state index contributed by atoms with van der Waals surface area (Å²) in [5, 5.41) is 3.12. The molecule has 0 atom stereocenters. The van der Waals surface area contributed by atoms with Crippen LogP contribution < -0.4 is 11.1 Å². The van der Waals surface area contributed by atoms with Crippen molar-refractivity contribution >= 4 is 11.6 Å². The van der Waals surface area contributed by atoms with Crippen LogP contribution in [0, 0.1) is 11.3 Å². The number of hydrogen-bond acceptors (Lipinski definition) is 2. The average Bonchev–Trinajstić information content (AvgIpc) is 3.23. The number of nitrogens with one attached hydrogen (secondary N) is 1. The first kappa shape index (κ1) is 12.6. The molecule has 3 N–H and O–H groups in total. The molecule has 0 aliphatic heterocycles. The molecule has 0 saturated heterocycles. The summed E-state index contributed by atoms with van der Waals surface area (Å²) in [4.78, 5) is 12.3. The van der Waals surface area contributed by atoms with Crippen LogP contribution in [0.2, 0.25) is 0 Å². The Hall–Kier alpha value is -1.45. The van der Waals surface area contributed by atoms with Crippen molar-refractivity contribution in [1.82, 2.24) is 9.88 Å². The van der Waals surface area contributed by atoms with Crippen LogP contribution in [0.1, 0.15) is 56.1 Å². The van der Waals surface area contributed by atoms with E-state index in [1.807, 2.05) is 10.8 Å². The lowest BCUT2D eigenvalue weighted by Gasteiger charge is -2.17. The van der Waals surface area contributed by atoms with E-state index in [0.29, 0.717) is 16.8 Å². The molecule has 0 spiro atoms. The number of nitrogens with two attached hydrogens (primary N) is 1. The number of nitrogen functional groups attached to an aromatic ring is 1. The molecule has 0 aromatic carbocycles. The lowest BCUT2D eigenvalue weighted by atomic mass is 10.0. The van der Waals surface area contributed by atoms with Crippen molar-refractivity contribution in [2.45, 2.75) is 45.6 Å². The Bertz CT molecular complexity index is 495. The van der Waals surface area contributed by atoms with E-state index in [1.54, 1.807) is 6.07 Å². The lowest BCUT2D eigenvalue weighted by molar-refractivity contribution is 0.0932. The summed E-state index contributed by atoms with van der Waals surface area (Å²) in [6.45, 7) is 4.95. The highest BCUT2D eigenvalue weighted by atomic mass is 16.1. The second-order valence-corrected chi connectivity index (χ2v) is 6.48. The highest BCUT2D eigenvalue weighted by molar-refractivity contribution is 5.93. The molecule has 19 heavy (non-hydrogen) atoms. The maximum atomic E-state index is 12.3. The number of rotatable bonds is 5. The summed E-state index contributed by atoms with van der Waals surface area (Å²) in [5.74, 6) is 0.882. The predicted octanol–water partition coefficient (Wildman–Crippen LogP) is 2.57. The highest BCUT2D eigenvalue weighted by Crippen LogP contribution is 2.60. The Labute approximate surface area is 114 Å². The molecule has 1 aromatic rings. The molecule has 0 radical (unpaired) electrons. The van der Waals surface area contributed by atoms with Gasteiger partial charge < -0.3 is 15.6 Å². The van der Waals surface area contributed by atoms with Crippen molar-refractivity contribution in [3.63, 3.8) is 0 Å². The molecule has 0 bridgehead atoms. The van der Waals surface area contributed by atoms with Crippen LogP contribution in [0.4, 0.5) is 5.69 Å². The summed E-state index contributed by atoms with van der Waals surface area (Å²) in [6.07, 6.45) is 7.11. The van der Waals surface area contributed by atoms with Crippen LogP contribution in [-0.4, -0.2) is 17.0 Å². The molecule has 1 aromatic heterocycles. The molecule has 104 valence electrons. The van der Waals surface area contributed by atoms with E-state index in [9.17, 15) is 4.79 Å². The normalized spacial score (nSPS) is 20.6. The molecule has 2 aliphatic rings. The molecule has 0 unspecified atom stereocenters. The van der Waals surface area contributed by atoms with E-state index in [1.165, 1.54) is 25.7 Å². The van der Waals surface area contributed by atoms with E-state index in [4.69, 9.17) is 5.73 Å². The maximum absolute atomic E-state index is 12.3. The molecule has 1 heterocycles. The van der Waals surface area contributed by atoms with Crippen molar-refractivity contribution in [2.75, 3.05) is 12.3 Å². The second kappa shape index (κ2) is 4.29. The molecule has 2 fully saturated rings. The topological polar surface area (TPSA) is 60.0 Å². The van der Waals surface area contributed by atoms with Crippen LogP contribution in [0.5, 0.6) is 0 Å². The summed E-state index contributed by atoms with van der Waals surface area (Å²) in [7, 11) is 0. The summed E-state index contributed by atoms with van der Waals surface area (Å²) in [5.41, 5.74) is 7.58. The van der Waals surface area contributed by atoms with Gasteiger partial charge in [0.1, 0.15) is 5.69 Å². The Morgan fingerprint density at radius 1 is 1.53 bits per heavy atom. The fourth-order valence-corrected chi connectivity index (χ4v) is 3.04. The number of carbonyl (C=O) groups is 1. The van der Waals surface area contributed by atoms with Gasteiger partial charge in [-0.25, -0.2) is 0 Å². The zero-order valence-corrected chi connectivity index (χ0v) is 11.8. The monoisotopic (exact) mass is 261 g/mol. The van der Waals surface area contributed by atoms with E-state index < -0.39 is 0 Å². The first-order chi connectivity index (χ1) is 9.02. The number of carbonyl (C=O) groups excluding carboxylic acids is 1. The fourth-order valence-electron chi connectivity index (χ4n) is 3.04. The summed E-state index contributed by atoms with van der Waals surface area (Å²) in [6, 6.07) is 2.02. The maximum Gasteiger partial charge on any atom is 0.268 e. The molecule has 2 aliphatic carbocycles. The third kappa shape index (κ3) is 2.36. The van der Waals surface area contributed by atoms with Crippen LogP contribution in [-0.2, 0) is 0 Å². The van der Waals surface area contributed by atoms with Gasteiger partial charge in [-0.3, -0.25) is 4.79 Å². The number of amides is 1.